The zero-order valence-electron chi connectivity index (χ0n) is 28.2. The number of aliphatic hydroxyl groups excluding tert-OH is 1. The second-order valence-electron chi connectivity index (χ2n) is 12.1. The smallest absolute Gasteiger partial charge is 0.305 e. The van der Waals surface area contributed by atoms with Crippen LogP contribution in [-0.2, 0) is 14.3 Å². The van der Waals surface area contributed by atoms with Gasteiger partial charge in [-0.3, -0.25) is 4.79 Å². The molecule has 1 N–H and O–H groups in total. The highest BCUT2D eigenvalue weighted by Gasteiger charge is 2.15. The van der Waals surface area contributed by atoms with Gasteiger partial charge in [-0.05, 0) is 51.9 Å². The minimum atomic E-state index is -0.426. The van der Waals surface area contributed by atoms with E-state index >= 15 is 0 Å². The lowest BCUT2D eigenvalue weighted by atomic mass is 10.0. The summed E-state index contributed by atoms with van der Waals surface area (Å²) in [5.41, 5.74) is 0. The fourth-order valence-electron chi connectivity index (χ4n) is 5.13. The summed E-state index contributed by atoms with van der Waals surface area (Å²) in [5, 5.41) is 9.66. The number of unbranched alkanes of at least 4 members (excludes halogenated alkanes) is 17. The lowest BCUT2D eigenvalue weighted by Gasteiger charge is -2.20. The lowest BCUT2D eigenvalue weighted by Crippen LogP contribution is -2.29. The fraction of sp³-hybridized carbons (Fsp3) is 0.816. The van der Waals surface area contributed by atoms with Crippen LogP contribution in [0.1, 0.15) is 175 Å². The summed E-state index contributed by atoms with van der Waals surface area (Å²) in [6.07, 6.45) is 41.9. The van der Waals surface area contributed by atoms with Crippen molar-refractivity contribution in [2.24, 2.45) is 0 Å². The Balaban J connectivity index is 3.60. The van der Waals surface area contributed by atoms with Gasteiger partial charge in [-0.1, -0.05) is 153 Å². The third kappa shape index (κ3) is 31.5. The van der Waals surface area contributed by atoms with Crippen molar-refractivity contribution in [3.05, 3.63) is 36.5 Å². The van der Waals surface area contributed by atoms with Crippen molar-refractivity contribution >= 4 is 5.97 Å². The van der Waals surface area contributed by atoms with Crippen molar-refractivity contribution < 1.29 is 19.4 Å². The van der Waals surface area contributed by atoms with Gasteiger partial charge < -0.3 is 14.6 Å². The van der Waals surface area contributed by atoms with Crippen LogP contribution in [0.4, 0.5) is 0 Å². The van der Waals surface area contributed by atoms with E-state index in [4.69, 9.17) is 9.47 Å². The molecule has 2 unspecified atom stereocenters. The van der Waals surface area contributed by atoms with Crippen molar-refractivity contribution in [2.75, 3.05) is 13.2 Å². The predicted molar refractivity (Wildman–Crippen MR) is 182 cm³/mol. The zero-order valence-corrected chi connectivity index (χ0v) is 28.2. The number of hydrogen-bond acceptors (Lipinski definition) is 4. The van der Waals surface area contributed by atoms with Crippen molar-refractivity contribution in [3.63, 3.8) is 0 Å². The van der Waals surface area contributed by atoms with Gasteiger partial charge >= 0.3 is 5.97 Å². The van der Waals surface area contributed by atoms with Crippen LogP contribution in [0.3, 0.4) is 0 Å². The summed E-state index contributed by atoms with van der Waals surface area (Å²) in [7, 11) is 0. The summed E-state index contributed by atoms with van der Waals surface area (Å²) >= 11 is 0. The normalized spacial score (nSPS) is 13.5. The second-order valence-corrected chi connectivity index (χ2v) is 12.1. The molecule has 0 aliphatic carbocycles. The molecule has 0 saturated carbocycles. The van der Waals surface area contributed by atoms with Crippen LogP contribution in [0.5, 0.6) is 0 Å². The zero-order chi connectivity index (χ0) is 30.8. The molecule has 0 aromatic rings. The maximum atomic E-state index is 12.1. The van der Waals surface area contributed by atoms with E-state index in [9.17, 15) is 9.90 Å². The number of carbonyl (C=O) groups excluding carboxylic acids is 1. The second kappa shape index (κ2) is 34.1. The lowest BCUT2D eigenvalue weighted by molar-refractivity contribution is -0.151. The van der Waals surface area contributed by atoms with Gasteiger partial charge in [0.25, 0.3) is 0 Å². The summed E-state index contributed by atoms with van der Waals surface area (Å²) < 4.78 is 11.3. The first-order valence-electron chi connectivity index (χ1n) is 18.0. The predicted octanol–water partition coefficient (Wildman–Crippen LogP) is 11.4. The van der Waals surface area contributed by atoms with Gasteiger partial charge in [0.1, 0.15) is 12.7 Å². The van der Waals surface area contributed by atoms with E-state index < -0.39 is 6.10 Å². The Labute approximate surface area is 261 Å². The Bertz CT molecular complexity index is 639. The van der Waals surface area contributed by atoms with Gasteiger partial charge in [-0.25, -0.2) is 0 Å². The molecule has 4 heteroatoms. The van der Waals surface area contributed by atoms with E-state index in [2.05, 4.69) is 57.2 Å². The highest BCUT2D eigenvalue weighted by Crippen LogP contribution is 2.14. The molecule has 0 spiro atoms. The summed E-state index contributed by atoms with van der Waals surface area (Å²) in [6.45, 7) is 6.52. The molecule has 42 heavy (non-hydrogen) atoms. The summed E-state index contributed by atoms with van der Waals surface area (Å²) in [4.78, 5) is 12.1. The quantitative estimate of drug-likeness (QED) is 0.0481. The average molecular weight is 591 g/mol. The van der Waals surface area contributed by atoms with Crippen molar-refractivity contribution in [1.82, 2.24) is 0 Å². The van der Waals surface area contributed by atoms with Gasteiger partial charge in [0.05, 0.1) is 12.7 Å². The summed E-state index contributed by atoms with van der Waals surface area (Å²) in [6, 6.07) is 0. The topological polar surface area (TPSA) is 55.8 Å². The van der Waals surface area contributed by atoms with Gasteiger partial charge in [0.15, 0.2) is 0 Å². The first-order chi connectivity index (χ1) is 20.6. The van der Waals surface area contributed by atoms with Crippen molar-refractivity contribution in [2.45, 2.75) is 187 Å². The fourth-order valence-corrected chi connectivity index (χ4v) is 5.13. The maximum absolute atomic E-state index is 12.1. The third-order valence-corrected chi connectivity index (χ3v) is 7.80. The summed E-state index contributed by atoms with van der Waals surface area (Å²) in [5.74, 6) is -0.168. The van der Waals surface area contributed by atoms with Crippen molar-refractivity contribution in [1.29, 1.82) is 0 Å². The number of hydrogen-bond donors (Lipinski definition) is 1. The van der Waals surface area contributed by atoms with Crippen LogP contribution in [0.15, 0.2) is 36.5 Å². The van der Waals surface area contributed by atoms with Crippen molar-refractivity contribution in [3.8, 4) is 0 Å². The van der Waals surface area contributed by atoms with E-state index in [1.54, 1.807) is 0 Å². The number of carbonyl (C=O) groups is 1. The monoisotopic (exact) mass is 591 g/mol. The molecular formula is C38H70O4. The highest BCUT2D eigenvalue weighted by atomic mass is 16.6. The number of aliphatic hydroxyl groups is 1. The highest BCUT2D eigenvalue weighted by molar-refractivity contribution is 5.69. The molecule has 0 aliphatic heterocycles. The number of ether oxygens (including phenoxy) is 2. The first-order valence-corrected chi connectivity index (χ1v) is 18.0. The van der Waals surface area contributed by atoms with Crippen LogP contribution in [-0.4, -0.2) is 36.5 Å². The molecule has 0 fully saturated rings. The van der Waals surface area contributed by atoms with Gasteiger partial charge in [0.2, 0.25) is 0 Å². The number of rotatable bonds is 32. The minimum Gasteiger partial charge on any atom is -0.463 e. The molecule has 0 heterocycles. The van der Waals surface area contributed by atoms with Gasteiger partial charge in [0, 0.05) is 6.42 Å². The van der Waals surface area contributed by atoms with Gasteiger partial charge in [-0.15, -0.1) is 0 Å². The van der Waals surface area contributed by atoms with Crippen LogP contribution in [0.25, 0.3) is 0 Å². The van der Waals surface area contributed by atoms with Crippen LogP contribution < -0.4 is 0 Å². The van der Waals surface area contributed by atoms with Crippen LogP contribution >= 0.6 is 0 Å². The van der Waals surface area contributed by atoms with Crippen LogP contribution in [0, 0.1) is 0 Å². The standard InChI is InChI=1S/C38H70O4/c1-4-6-8-10-12-14-16-18-19-21-22-24-26-28-30-32-36(3)42-37(34-39)35-41-38(40)33-31-29-27-25-23-20-17-15-13-11-9-7-5-2/h6,8,12,14,18-19,36-37,39H,4-5,7,9-11,13,15-17,20-35H2,1-3H3/b8-6-,14-12-,19-18-. The molecule has 0 aromatic carbocycles. The Kier molecular flexibility index (Phi) is 33.0. The molecule has 0 rings (SSSR count). The largest absolute Gasteiger partial charge is 0.463 e. The molecule has 4 nitrogen and oxygen atoms in total. The molecule has 0 saturated heterocycles. The molecule has 0 aliphatic rings. The first kappa shape index (κ1) is 40.6. The van der Waals surface area contributed by atoms with Crippen LogP contribution in [0.2, 0.25) is 0 Å². The van der Waals surface area contributed by atoms with E-state index in [1.807, 2.05) is 0 Å². The van der Waals surface area contributed by atoms with E-state index in [1.165, 1.54) is 103 Å². The molecule has 246 valence electrons. The molecular weight excluding hydrogens is 520 g/mol. The Morgan fingerprint density at radius 1 is 0.643 bits per heavy atom. The molecule has 0 bridgehead atoms. The Hall–Kier alpha value is -1.39. The van der Waals surface area contributed by atoms with Gasteiger partial charge in [-0.2, -0.15) is 0 Å². The Morgan fingerprint density at radius 3 is 1.71 bits per heavy atom. The van der Waals surface area contributed by atoms with E-state index in [-0.39, 0.29) is 25.3 Å². The van der Waals surface area contributed by atoms with E-state index in [0.29, 0.717) is 6.42 Å². The molecule has 0 aromatic heterocycles. The number of allylic oxidation sites excluding steroid dienone is 6. The maximum Gasteiger partial charge on any atom is 0.305 e. The third-order valence-electron chi connectivity index (χ3n) is 7.80. The number of esters is 1. The molecule has 0 amide bonds. The minimum absolute atomic E-state index is 0.0651. The molecule has 0 radical (unpaired) electrons. The van der Waals surface area contributed by atoms with E-state index in [0.717, 1.165) is 44.9 Å². The SMILES string of the molecule is CC/C=C\C/C=C\C/C=C\CCCCCCCC(C)OC(CO)COC(=O)CCCCCCCCCCCCCCC. The average Bonchev–Trinajstić information content (AvgIpc) is 2.99. The molecule has 2 atom stereocenters. The Morgan fingerprint density at radius 2 is 1.14 bits per heavy atom.